The molecule has 0 saturated carbocycles. The Balaban J connectivity index is 2.55. The quantitative estimate of drug-likeness (QED) is 0.784. The Morgan fingerprint density at radius 3 is 2.00 bits per heavy atom. The molecule has 0 atom stereocenters. The van der Waals surface area contributed by atoms with Crippen LogP contribution in [0, 0.1) is 0 Å². The lowest BCUT2D eigenvalue weighted by Gasteiger charge is -2.06. The average Bonchev–Trinajstić information content (AvgIpc) is 2.32. The van der Waals surface area contributed by atoms with E-state index < -0.39 is 0 Å². The van der Waals surface area contributed by atoms with Gasteiger partial charge in [-0.3, -0.25) is 9.59 Å². The van der Waals surface area contributed by atoms with Gasteiger partial charge in [0.15, 0.2) is 0 Å². The summed E-state index contributed by atoms with van der Waals surface area (Å²) in [6.07, 6.45) is 0. The molecule has 0 aromatic heterocycles. The number of ether oxygens (including phenoxy) is 1. The van der Waals surface area contributed by atoms with E-state index in [4.69, 9.17) is 11.6 Å². The first-order valence-electron chi connectivity index (χ1n) is 4.90. The number of halogens is 1. The van der Waals surface area contributed by atoms with E-state index in [-0.39, 0.29) is 24.3 Å². The highest BCUT2D eigenvalue weighted by molar-refractivity contribution is 6.29. The topological polar surface area (TPSA) is 67.4 Å². The van der Waals surface area contributed by atoms with Gasteiger partial charge in [-0.15, -0.1) is 11.6 Å². The molecule has 0 fully saturated rings. The largest absolute Gasteiger partial charge is 0.375 e. The normalized spacial score (nSPS) is 9.76. The van der Waals surface area contributed by atoms with Gasteiger partial charge in [-0.1, -0.05) is 0 Å². The minimum atomic E-state index is -0.275. The average molecular weight is 257 g/mol. The van der Waals surface area contributed by atoms with Crippen molar-refractivity contribution in [2.75, 3.05) is 30.2 Å². The SMILES string of the molecule is COCC(=O)Nc1ccc(NC(=O)CCl)cc1. The van der Waals surface area contributed by atoms with Crippen molar-refractivity contribution in [3.63, 3.8) is 0 Å². The molecular weight excluding hydrogens is 244 g/mol. The molecule has 2 N–H and O–H groups in total. The molecule has 0 bridgehead atoms. The summed E-state index contributed by atoms with van der Waals surface area (Å²) < 4.78 is 4.68. The van der Waals surface area contributed by atoms with Crippen molar-refractivity contribution in [2.45, 2.75) is 0 Å². The van der Waals surface area contributed by atoms with Gasteiger partial charge >= 0.3 is 0 Å². The van der Waals surface area contributed by atoms with Crippen molar-refractivity contribution < 1.29 is 14.3 Å². The van der Waals surface area contributed by atoms with E-state index in [1.54, 1.807) is 24.3 Å². The Labute approximate surface area is 104 Å². The van der Waals surface area contributed by atoms with Crippen molar-refractivity contribution in [1.82, 2.24) is 0 Å². The maximum atomic E-state index is 11.2. The van der Waals surface area contributed by atoms with Gasteiger partial charge in [0.1, 0.15) is 12.5 Å². The second kappa shape index (κ2) is 6.88. The molecule has 0 aliphatic carbocycles. The van der Waals surface area contributed by atoms with E-state index in [1.807, 2.05) is 0 Å². The number of nitrogens with one attached hydrogen (secondary N) is 2. The van der Waals surface area contributed by atoms with E-state index in [0.29, 0.717) is 11.4 Å². The van der Waals surface area contributed by atoms with Crippen molar-refractivity contribution in [3.05, 3.63) is 24.3 Å². The molecule has 0 radical (unpaired) electrons. The maximum absolute atomic E-state index is 11.2. The van der Waals surface area contributed by atoms with E-state index >= 15 is 0 Å². The molecule has 5 nitrogen and oxygen atoms in total. The highest BCUT2D eigenvalue weighted by atomic mass is 35.5. The summed E-state index contributed by atoms with van der Waals surface area (Å²) >= 11 is 5.35. The lowest BCUT2D eigenvalue weighted by atomic mass is 10.2. The van der Waals surface area contributed by atoms with Gasteiger partial charge in [0, 0.05) is 18.5 Å². The van der Waals surface area contributed by atoms with E-state index in [2.05, 4.69) is 15.4 Å². The van der Waals surface area contributed by atoms with Crippen LogP contribution in [0.25, 0.3) is 0 Å². The molecule has 17 heavy (non-hydrogen) atoms. The van der Waals surface area contributed by atoms with E-state index in [0.717, 1.165) is 0 Å². The van der Waals surface area contributed by atoms with Crippen LogP contribution in [0.5, 0.6) is 0 Å². The predicted molar refractivity (Wildman–Crippen MR) is 66.3 cm³/mol. The van der Waals surface area contributed by atoms with Crippen molar-refractivity contribution in [1.29, 1.82) is 0 Å². The highest BCUT2D eigenvalue weighted by Gasteiger charge is 2.02. The Hall–Kier alpha value is -1.59. The molecule has 1 rings (SSSR count). The number of hydrogen-bond acceptors (Lipinski definition) is 3. The number of carbonyl (C=O) groups excluding carboxylic acids is 2. The molecule has 0 aliphatic rings. The number of rotatable bonds is 5. The second-order valence-corrected chi connectivity index (χ2v) is 3.51. The van der Waals surface area contributed by atoms with Gasteiger partial charge in [0.05, 0.1) is 0 Å². The Bertz CT molecular complexity index is 392. The van der Waals surface area contributed by atoms with Crippen LogP contribution in [0.1, 0.15) is 0 Å². The Morgan fingerprint density at radius 2 is 1.59 bits per heavy atom. The summed E-state index contributed by atoms with van der Waals surface area (Å²) in [5.41, 5.74) is 1.26. The molecule has 1 aromatic carbocycles. The number of benzene rings is 1. The molecule has 2 amide bonds. The molecule has 0 heterocycles. The number of alkyl halides is 1. The van der Waals surface area contributed by atoms with Crippen molar-refractivity contribution in [2.24, 2.45) is 0 Å². The summed E-state index contributed by atoms with van der Waals surface area (Å²) in [5, 5.41) is 5.22. The lowest BCUT2D eigenvalue weighted by molar-refractivity contribution is -0.119. The third-order valence-corrected chi connectivity index (χ3v) is 2.09. The zero-order valence-corrected chi connectivity index (χ0v) is 10.1. The van der Waals surface area contributed by atoms with Gasteiger partial charge in [0.2, 0.25) is 11.8 Å². The van der Waals surface area contributed by atoms with E-state index in [1.165, 1.54) is 7.11 Å². The number of hydrogen-bond donors (Lipinski definition) is 2. The van der Waals surface area contributed by atoms with Crippen LogP contribution in [0.3, 0.4) is 0 Å². The first kappa shape index (κ1) is 13.5. The summed E-state index contributed by atoms with van der Waals surface area (Å²) in [6.45, 7) is 0.00470. The fraction of sp³-hybridized carbons (Fsp3) is 0.273. The third-order valence-electron chi connectivity index (χ3n) is 1.85. The maximum Gasteiger partial charge on any atom is 0.250 e. The first-order valence-corrected chi connectivity index (χ1v) is 5.44. The third kappa shape index (κ3) is 4.84. The van der Waals surface area contributed by atoms with Crippen LogP contribution in [-0.4, -0.2) is 31.4 Å². The fourth-order valence-corrected chi connectivity index (χ4v) is 1.23. The second-order valence-electron chi connectivity index (χ2n) is 3.24. The van der Waals surface area contributed by atoms with Gasteiger partial charge in [-0.05, 0) is 24.3 Å². The standard InChI is InChI=1S/C11H13ClN2O3/c1-17-7-11(16)14-9-4-2-8(3-5-9)13-10(15)6-12/h2-5H,6-7H2,1H3,(H,13,15)(H,14,16). The molecule has 6 heteroatoms. The molecule has 0 spiro atoms. The molecule has 0 aliphatic heterocycles. The number of carbonyl (C=O) groups is 2. The zero-order chi connectivity index (χ0) is 12.7. The zero-order valence-electron chi connectivity index (χ0n) is 9.33. The van der Waals surface area contributed by atoms with Crippen molar-refractivity contribution in [3.8, 4) is 0 Å². The Kier molecular flexibility index (Phi) is 5.45. The molecule has 0 saturated heterocycles. The van der Waals surface area contributed by atoms with Gasteiger partial charge < -0.3 is 15.4 Å². The fourth-order valence-electron chi connectivity index (χ4n) is 1.16. The number of anilines is 2. The van der Waals surface area contributed by atoms with Gasteiger partial charge in [-0.2, -0.15) is 0 Å². The van der Waals surface area contributed by atoms with Gasteiger partial charge in [0.25, 0.3) is 0 Å². The number of amides is 2. The van der Waals surface area contributed by atoms with Crippen LogP contribution in [0.2, 0.25) is 0 Å². The summed E-state index contributed by atoms with van der Waals surface area (Å²) in [7, 11) is 1.45. The van der Waals surface area contributed by atoms with Crippen LogP contribution < -0.4 is 10.6 Å². The minimum absolute atomic E-state index is 0.00470. The highest BCUT2D eigenvalue weighted by Crippen LogP contribution is 2.13. The summed E-state index contributed by atoms with van der Waals surface area (Å²) in [6, 6.07) is 6.70. The monoisotopic (exact) mass is 256 g/mol. The van der Waals surface area contributed by atoms with Crippen LogP contribution in [0.4, 0.5) is 11.4 Å². The van der Waals surface area contributed by atoms with Crippen LogP contribution in [0.15, 0.2) is 24.3 Å². The minimum Gasteiger partial charge on any atom is -0.375 e. The molecule has 92 valence electrons. The first-order chi connectivity index (χ1) is 8.15. The summed E-state index contributed by atoms with van der Waals surface area (Å²) in [5.74, 6) is -0.598. The summed E-state index contributed by atoms with van der Waals surface area (Å²) in [4.78, 5) is 22.2. The molecule has 1 aromatic rings. The predicted octanol–water partition coefficient (Wildman–Crippen LogP) is 1.45. The smallest absolute Gasteiger partial charge is 0.250 e. The molecule has 0 unspecified atom stereocenters. The van der Waals surface area contributed by atoms with Crippen LogP contribution in [-0.2, 0) is 14.3 Å². The lowest BCUT2D eigenvalue weighted by Crippen LogP contribution is -2.17. The molecular formula is C11H13ClN2O3. The van der Waals surface area contributed by atoms with Gasteiger partial charge in [-0.25, -0.2) is 0 Å². The number of methoxy groups -OCH3 is 1. The Morgan fingerprint density at radius 1 is 1.12 bits per heavy atom. The van der Waals surface area contributed by atoms with E-state index in [9.17, 15) is 9.59 Å². The van der Waals surface area contributed by atoms with Crippen molar-refractivity contribution >= 4 is 34.8 Å². The van der Waals surface area contributed by atoms with Crippen LogP contribution >= 0.6 is 11.6 Å².